The summed E-state index contributed by atoms with van der Waals surface area (Å²) in [7, 11) is 0. The van der Waals surface area contributed by atoms with Crippen LogP contribution < -0.4 is 16.2 Å². The molecule has 2 heterocycles. The maximum Gasteiger partial charge on any atom is 0.255 e. The molecule has 0 saturated heterocycles. The first-order chi connectivity index (χ1) is 14.6. The van der Waals surface area contributed by atoms with E-state index in [0.29, 0.717) is 28.1 Å². The molecular weight excluding hydrogens is 378 g/mol. The molecular formula is C23H17N5O2. The molecule has 4 N–H and O–H groups in total. The van der Waals surface area contributed by atoms with Crippen LogP contribution in [-0.2, 0) is 4.79 Å². The Morgan fingerprint density at radius 2 is 1.87 bits per heavy atom. The molecule has 7 nitrogen and oxygen atoms in total. The summed E-state index contributed by atoms with van der Waals surface area (Å²) in [6, 6.07) is 18.8. The van der Waals surface area contributed by atoms with Gasteiger partial charge in [-0.2, -0.15) is 5.26 Å². The van der Waals surface area contributed by atoms with Crippen LogP contribution in [0.1, 0.15) is 5.56 Å². The first-order valence-electron chi connectivity index (χ1n) is 9.12. The minimum Gasteiger partial charge on any atom is -0.483 e. The third-order valence-electron chi connectivity index (χ3n) is 4.66. The van der Waals surface area contributed by atoms with Crippen LogP contribution in [0.5, 0.6) is 5.75 Å². The summed E-state index contributed by atoms with van der Waals surface area (Å²) in [4.78, 5) is 19.7. The third-order valence-corrected chi connectivity index (χ3v) is 4.66. The van der Waals surface area contributed by atoms with Gasteiger partial charge in [-0.15, -0.1) is 0 Å². The normalized spacial score (nSPS) is 10.5. The minimum atomic E-state index is -0.581. The van der Waals surface area contributed by atoms with Gasteiger partial charge in [0, 0.05) is 28.9 Å². The van der Waals surface area contributed by atoms with Gasteiger partial charge < -0.3 is 16.2 Å². The van der Waals surface area contributed by atoms with Crippen molar-refractivity contribution in [3.8, 4) is 34.2 Å². The van der Waals surface area contributed by atoms with E-state index in [1.165, 1.54) is 0 Å². The van der Waals surface area contributed by atoms with Gasteiger partial charge in [0.15, 0.2) is 6.61 Å². The molecule has 0 spiro atoms. The Balaban J connectivity index is 1.93. The summed E-state index contributed by atoms with van der Waals surface area (Å²) in [5, 5.41) is 11.6. The molecule has 0 radical (unpaired) electrons. The number of ether oxygens (including phenoxy) is 1. The van der Waals surface area contributed by atoms with Gasteiger partial charge in [0.05, 0.1) is 5.69 Å². The van der Waals surface area contributed by atoms with Gasteiger partial charge in [0.25, 0.3) is 5.91 Å². The molecule has 7 heteroatoms. The lowest BCUT2D eigenvalue weighted by molar-refractivity contribution is -0.119. The number of nitrogens with zero attached hydrogens (tertiary/aromatic N) is 3. The van der Waals surface area contributed by atoms with Crippen molar-refractivity contribution in [2.45, 2.75) is 0 Å². The van der Waals surface area contributed by atoms with Crippen molar-refractivity contribution in [1.29, 1.82) is 5.26 Å². The number of fused-ring (bicyclic) bond motifs is 1. The fourth-order valence-corrected chi connectivity index (χ4v) is 3.34. The molecule has 0 aliphatic rings. The lowest BCUT2D eigenvalue weighted by Crippen LogP contribution is -2.20. The van der Waals surface area contributed by atoms with E-state index in [1.54, 1.807) is 36.7 Å². The van der Waals surface area contributed by atoms with E-state index in [1.807, 2.05) is 30.3 Å². The van der Waals surface area contributed by atoms with Gasteiger partial charge in [-0.25, -0.2) is 4.98 Å². The lowest BCUT2D eigenvalue weighted by Gasteiger charge is -2.14. The number of rotatable bonds is 5. The minimum absolute atomic E-state index is 0.112. The number of nitrogens with two attached hydrogens (primary N) is 2. The fraction of sp³-hybridized carbons (Fsp3) is 0.0435. The Hall–Kier alpha value is -4.44. The second-order valence-corrected chi connectivity index (χ2v) is 6.58. The number of carbonyl (C=O) groups is 1. The molecule has 30 heavy (non-hydrogen) atoms. The number of benzene rings is 2. The summed E-state index contributed by atoms with van der Waals surface area (Å²) >= 11 is 0. The first kappa shape index (κ1) is 18.9. The van der Waals surface area contributed by atoms with E-state index in [9.17, 15) is 10.1 Å². The van der Waals surface area contributed by atoms with Gasteiger partial charge in [0.1, 0.15) is 23.2 Å². The SMILES string of the molecule is N#Cc1c(-c2cccc3cnccc23)cc(-c2ccccc2OCC(N)=O)nc1N. The average Bonchev–Trinajstić information content (AvgIpc) is 2.77. The maximum atomic E-state index is 11.1. The van der Waals surface area contributed by atoms with Crippen molar-refractivity contribution < 1.29 is 9.53 Å². The third kappa shape index (κ3) is 3.50. The average molecular weight is 395 g/mol. The monoisotopic (exact) mass is 395 g/mol. The second kappa shape index (κ2) is 7.89. The van der Waals surface area contributed by atoms with Crippen LogP contribution in [0.3, 0.4) is 0 Å². The number of primary amides is 1. The number of anilines is 1. The Morgan fingerprint density at radius 3 is 2.67 bits per heavy atom. The Kier molecular flexibility index (Phi) is 4.97. The number of nitrogen functional groups attached to an aromatic ring is 1. The number of hydrogen-bond acceptors (Lipinski definition) is 6. The van der Waals surface area contributed by atoms with E-state index < -0.39 is 5.91 Å². The highest BCUT2D eigenvalue weighted by Gasteiger charge is 2.17. The van der Waals surface area contributed by atoms with Crippen LogP contribution in [0.25, 0.3) is 33.2 Å². The van der Waals surface area contributed by atoms with E-state index >= 15 is 0 Å². The van der Waals surface area contributed by atoms with Crippen molar-refractivity contribution in [3.05, 3.63) is 72.6 Å². The van der Waals surface area contributed by atoms with Gasteiger partial charge in [0.2, 0.25) is 0 Å². The predicted octanol–water partition coefficient (Wildman–Crippen LogP) is 3.28. The summed E-state index contributed by atoms with van der Waals surface area (Å²) < 4.78 is 5.54. The lowest BCUT2D eigenvalue weighted by atomic mass is 9.94. The smallest absolute Gasteiger partial charge is 0.255 e. The van der Waals surface area contributed by atoms with Crippen molar-refractivity contribution in [2.24, 2.45) is 5.73 Å². The highest BCUT2D eigenvalue weighted by atomic mass is 16.5. The summed E-state index contributed by atoms with van der Waals surface area (Å²) in [6.45, 7) is -0.258. The van der Waals surface area contributed by atoms with Crippen LogP contribution in [0.4, 0.5) is 5.82 Å². The standard InChI is InChI=1S/C23H17N5O2/c24-11-19-18(16-6-3-4-14-12-27-9-8-15(14)16)10-20(28-23(19)26)17-5-1-2-7-21(17)30-13-22(25)29/h1-10,12H,13H2,(H2,25,29)(H2,26,28). The summed E-state index contributed by atoms with van der Waals surface area (Å²) in [6.07, 6.45) is 3.47. The fourth-order valence-electron chi connectivity index (χ4n) is 3.34. The zero-order chi connectivity index (χ0) is 21.1. The molecule has 1 amide bonds. The van der Waals surface area contributed by atoms with Gasteiger partial charge in [-0.05, 0) is 35.2 Å². The number of hydrogen-bond donors (Lipinski definition) is 2. The van der Waals surface area contributed by atoms with E-state index in [4.69, 9.17) is 16.2 Å². The molecule has 2 aromatic carbocycles. The van der Waals surface area contributed by atoms with Crippen LogP contribution in [0.15, 0.2) is 67.0 Å². The van der Waals surface area contributed by atoms with Crippen molar-refractivity contribution in [3.63, 3.8) is 0 Å². The number of para-hydroxylation sites is 1. The Labute approximate surface area is 172 Å². The first-order valence-corrected chi connectivity index (χ1v) is 9.12. The van der Waals surface area contributed by atoms with E-state index in [2.05, 4.69) is 16.0 Å². The molecule has 0 aliphatic carbocycles. The van der Waals surface area contributed by atoms with Crippen LogP contribution >= 0.6 is 0 Å². The topological polar surface area (TPSA) is 128 Å². The number of aromatic nitrogens is 2. The molecule has 0 bridgehead atoms. The van der Waals surface area contributed by atoms with Crippen LogP contribution in [0, 0.1) is 11.3 Å². The zero-order valence-electron chi connectivity index (χ0n) is 15.9. The highest BCUT2D eigenvalue weighted by molar-refractivity contribution is 5.98. The molecule has 146 valence electrons. The van der Waals surface area contributed by atoms with Gasteiger partial charge in [-0.3, -0.25) is 9.78 Å². The number of pyridine rings is 2. The Morgan fingerprint density at radius 1 is 1.07 bits per heavy atom. The molecule has 0 fully saturated rings. The van der Waals surface area contributed by atoms with Gasteiger partial charge in [-0.1, -0.05) is 30.3 Å². The molecule has 0 unspecified atom stereocenters. The van der Waals surface area contributed by atoms with E-state index in [-0.39, 0.29) is 12.4 Å². The van der Waals surface area contributed by atoms with Gasteiger partial charge >= 0.3 is 0 Å². The number of carbonyl (C=O) groups excluding carboxylic acids is 1. The summed E-state index contributed by atoms with van der Waals surface area (Å²) in [5.41, 5.74) is 14.3. The number of nitriles is 1. The van der Waals surface area contributed by atoms with Crippen molar-refractivity contribution >= 4 is 22.5 Å². The van der Waals surface area contributed by atoms with Crippen molar-refractivity contribution in [2.75, 3.05) is 12.3 Å². The van der Waals surface area contributed by atoms with Crippen LogP contribution in [-0.4, -0.2) is 22.5 Å². The molecule has 4 aromatic rings. The number of amides is 1. The summed E-state index contributed by atoms with van der Waals surface area (Å²) in [5.74, 6) is -0.0242. The second-order valence-electron chi connectivity index (χ2n) is 6.58. The quantitative estimate of drug-likeness (QED) is 0.534. The molecule has 0 saturated carbocycles. The predicted molar refractivity (Wildman–Crippen MR) is 114 cm³/mol. The van der Waals surface area contributed by atoms with Crippen LogP contribution in [0.2, 0.25) is 0 Å². The Bertz CT molecular complexity index is 1310. The molecule has 2 aromatic heterocycles. The molecule has 0 atom stereocenters. The zero-order valence-corrected chi connectivity index (χ0v) is 15.9. The largest absolute Gasteiger partial charge is 0.483 e. The highest BCUT2D eigenvalue weighted by Crippen LogP contribution is 2.37. The maximum absolute atomic E-state index is 11.1. The molecule has 0 aliphatic heterocycles. The van der Waals surface area contributed by atoms with E-state index in [0.717, 1.165) is 16.3 Å². The van der Waals surface area contributed by atoms with Crippen molar-refractivity contribution in [1.82, 2.24) is 9.97 Å². The molecule has 4 rings (SSSR count).